The van der Waals surface area contributed by atoms with Crippen molar-refractivity contribution in [2.45, 2.75) is 31.8 Å². The van der Waals surface area contributed by atoms with Gasteiger partial charge in [0.25, 0.3) is 0 Å². The zero-order valence-corrected chi connectivity index (χ0v) is 12.2. The lowest BCUT2D eigenvalue weighted by atomic mass is 10.2. The summed E-state index contributed by atoms with van der Waals surface area (Å²) in [7, 11) is 0. The van der Waals surface area contributed by atoms with Crippen LogP contribution in [0.5, 0.6) is 0 Å². The van der Waals surface area contributed by atoms with Gasteiger partial charge in [0, 0.05) is 32.2 Å². The maximum Gasteiger partial charge on any atom is 0.227 e. The largest absolute Gasteiger partial charge is 0.376 e. The van der Waals surface area contributed by atoms with E-state index >= 15 is 0 Å². The lowest BCUT2D eigenvalue weighted by Gasteiger charge is -2.09. The number of amides is 1. The van der Waals surface area contributed by atoms with Crippen LogP contribution >= 0.6 is 0 Å². The zero-order chi connectivity index (χ0) is 15.2. The quantitative estimate of drug-likeness (QED) is 0.866. The number of hydrogen-bond donors (Lipinski definition) is 1. The van der Waals surface area contributed by atoms with Crippen molar-refractivity contribution < 1.29 is 14.1 Å². The molecule has 0 aromatic carbocycles. The first-order valence-electron chi connectivity index (χ1n) is 7.43. The molecule has 0 radical (unpaired) electrons. The summed E-state index contributed by atoms with van der Waals surface area (Å²) in [5.41, 5.74) is 0.653. The molecule has 1 fully saturated rings. The van der Waals surface area contributed by atoms with Gasteiger partial charge in [-0.2, -0.15) is 4.98 Å². The van der Waals surface area contributed by atoms with Gasteiger partial charge in [0.1, 0.15) is 5.69 Å². The molecule has 7 heteroatoms. The molecule has 0 bridgehead atoms. The van der Waals surface area contributed by atoms with Crippen molar-refractivity contribution in [2.24, 2.45) is 0 Å². The summed E-state index contributed by atoms with van der Waals surface area (Å²) in [6.07, 6.45) is 4.64. The highest BCUT2D eigenvalue weighted by molar-refractivity contribution is 5.76. The molecule has 2 aromatic rings. The number of nitrogens with one attached hydrogen (secondary N) is 1. The Labute approximate surface area is 128 Å². The average Bonchev–Trinajstić information content (AvgIpc) is 3.23. The minimum Gasteiger partial charge on any atom is -0.376 e. The fraction of sp³-hybridized carbons (Fsp3) is 0.467. The van der Waals surface area contributed by atoms with Gasteiger partial charge in [-0.3, -0.25) is 9.78 Å². The molecule has 22 heavy (non-hydrogen) atoms. The van der Waals surface area contributed by atoms with Crippen LogP contribution in [0.25, 0.3) is 11.5 Å². The number of hydrogen-bond acceptors (Lipinski definition) is 6. The van der Waals surface area contributed by atoms with Gasteiger partial charge in [0.05, 0.1) is 6.10 Å². The van der Waals surface area contributed by atoms with Crippen LogP contribution in [-0.2, 0) is 16.0 Å². The summed E-state index contributed by atoms with van der Waals surface area (Å²) in [6.45, 7) is 1.36. The van der Waals surface area contributed by atoms with Gasteiger partial charge in [-0.15, -0.1) is 0 Å². The molecule has 3 heterocycles. The maximum absolute atomic E-state index is 11.8. The van der Waals surface area contributed by atoms with Crippen LogP contribution in [0, 0.1) is 0 Å². The van der Waals surface area contributed by atoms with Gasteiger partial charge in [-0.25, -0.2) is 0 Å². The average molecular weight is 302 g/mol. The Morgan fingerprint density at radius 2 is 2.36 bits per heavy atom. The zero-order valence-electron chi connectivity index (χ0n) is 12.2. The van der Waals surface area contributed by atoms with Gasteiger partial charge in [0.2, 0.25) is 17.6 Å². The maximum atomic E-state index is 11.8. The normalized spacial score (nSPS) is 17.5. The van der Waals surface area contributed by atoms with Gasteiger partial charge in [-0.05, 0) is 25.0 Å². The second-order valence-electron chi connectivity index (χ2n) is 5.17. The van der Waals surface area contributed by atoms with E-state index in [9.17, 15) is 4.79 Å². The minimum absolute atomic E-state index is 0.0342. The highest BCUT2D eigenvalue weighted by atomic mass is 16.5. The highest BCUT2D eigenvalue weighted by Gasteiger charge is 2.16. The van der Waals surface area contributed by atoms with Crippen molar-refractivity contribution in [3.8, 4) is 11.5 Å². The van der Waals surface area contributed by atoms with Gasteiger partial charge >= 0.3 is 0 Å². The number of pyridine rings is 1. The summed E-state index contributed by atoms with van der Waals surface area (Å²) >= 11 is 0. The Kier molecular flexibility index (Phi) is 4.75. The van der Waals surface area contributed by atoms with E-state index in [4.69, 9.17) is 9.26 Å². The van der Waals surface area contributed by atoms with E-state index < -0.39 is 0 Å². The number of nitrogens with zero attached hydrogens (tertiary/aromatic N) is 3. The number of carbonyl (C=O) groups excluding carboxylic acids is 1. The second kappa shape index (κ2) is 7.13. The van der Waals surface area contributed by atoms with Crippen LogP contribution in [-0.4, -0.2) is 40.3 Å². The van der Waals surface area contributed by atoms with Crippen LogP contribution in [0.1, 0.15) is 25.2 Å². The second-order valence-corrected chi connectivity index (χ2v) is 5.17. The van der Waals surface area contributed by atoms with E-state index in [-0.39, 0.29) is 12.0 Å². The van der Waals surface area contributed by atoms with Crippen molar-refractivity contribution >= 4 is 5.91 Å². The van der Waals surface area contributed by atoms with Gasteiger partial charge in [-0.1, -0.05) is 11.2 Å². The number of aromatic nitrogens is 3. The lowest BCUT2D eigenvalue weighted by molar-refractivity contribution is -0.121. The van der Waals surface area contributed by atoms with Gasteiger partial charge < -0.3 is 14.6 Å². The molecular weight excluding hydrogens is 284 g/mol. The van der Waals surface area contributed by atoms with Crippen molar-refractivity contribution in [1.29, 1.82) is 0 Å². The van der Waals surface area contributed by atoms with E-state index in [0.717, 1.165) is 19.4 Å². The van der Waals surface area contributed by atoms with Crippen LogP contribution in [0.2, 0.25) is 0 Å². The summed E-state index contributed by atoms with van der Waals surface area (Å²) in [5, 5.41) is 6.74. The molecular formula is C15H18N4O3. The fourth-order valence-corrected chi connectivity index (χ4v) is 2.30. The molecule has 1 unspecified atom stereocenters. The molecule has 1 amide bonds. The Hall–Kier alpha value is -2.28. The molecule has 1 N–H and O–H groups in total. The van der Waals surface area contributed by atoms with Crippen molar-refractivity contribution in [1.82, 2.24) is 20.4 Å². The topological polar surface area (TPSA) is 90.1 Å². The molecule has 1 aliphatic rings. The standard InChI is InChI=1S/C15H18N4O3/c20-13(17-10-11-4-3-9-21-11)6-7-14-18-15(19-22-14)12-5-1-2-8-16-12/h1-2,5,8,11H,3-4,6-7,9-10H2,(H,17,20). The molecule has 1 atom stereocenters. The van der Waals surface area contributed by atoms with E-state index in [1.807, 2.05) is 18.2 Å². The minimum atomic E-state index is -0.0342. The third-order valence-electron chi connectivity index (χ3n) is 3.48. The van der Waals surface area contributed by atoms with Crippen LogP contribution in [0.4, 0.5) is 0 Å². The SMILES string of the molecule is O=C(CCc1nc(-c2ccccn2)no1)NCC1CCCO1. The van der Waals surface area contributed by atoms with Crippen molar-refractivity contribution in [2.75, 3.05) is 13.2 Å². The van der Waals surface area contributed by atoms with E-state index in [1.54, 1.807) is 6.20 Å². The predicted molar refractivity (Wildman–Crippen MR) is 77.8 cm³/mol. The molecule has 1 saturated heterocycles. The Morgan fingerprint density at radius 1 is 1.41 bits per heavy atom. The first-order chi connectivity index (χ1) is 10.8. The summed E-state index contributed by atoms with van der Waals surface area (Å²) in [5.74, 6) is 0.844. The molecule has 3 rings (SSSR count). The van der Waals surface area contributed by atoms with Crippen molar-refractivity contribution in [3.05, 3.63) is 30.3 Å². The van der Waals surface area contributed by atoms with Crippen LogP contribution in [0.3, 0.4) is 0 Å². The van der Waals surface area contributed by atoms with Crippen LogP contribution in [0.15, 0.2) is 28.9 Å². The number of aryl methyl sites for hydroxylation is 1. The monoisotopic (exact) mass is 302 g/mol. The molecule has 2 aromatic heterocycles. The highest BCUT2D eigenvalue weighted by Crippen LogP contribution is 2.13. The molecule has 0 saturated carbocycles. The van der Waals surface area contributed by atoms with Crippen LogP contribution < -0.4 is 5.32 Å². The molecule has 116 valence electrons. The number of rotatable bonds is 6. The first-order valence-corrected chi connectivity index (χ1v) is 7.43. The molecule has 0 aliphatic carbocycles. The molecule has 0 spiro atoms. The predicted octanol–water partition coefficient (Wildman–Crippen LogP) is 1.36. The summed E-state index contributed by atoms with van der Waals surface area (Å²) in [6, 6.07) is 5.49. The Balaban J connectivity index is 1.45. The number of carbonyl (C=O) groups is 1. The van der Waals surface area contributed by atoms with Gasteiger partial charge in [0.15, 0.2) is 0 Å². The van der Waals surface area contributed by atoms with E-state index in [0.29, 0.717) is 36.8 Å². The lowest BCUT2D eigenvalue weighted by Crippen LogP contribution is -2.31. The molecule has 1 aliphatic heterocycles. The Morgan fingerprint density at radius 3 is 3.14 bits per heavy atom. The third-order valence-corrected chi connectivity index (χ3v) is 3.48. The first kappa shape index (κ1) is 14.6. The Bertz CT molecular complexity index is 608. The summed E-state index contributed by atoms with van der Waals surface area (Å²) < 4.78 is 10.6. The smallest absolute Gasteiger partial charge is 0.227 e. The third kappa shape index (κ3) is 3.88. The van der Waals surface area contributed by atoms with E-state index in [2.05, 4.69) is 20.4 Å². The van der Waals surface area contributed by atoms with Crippen molar-refractivity contribution in [3.63, 3.8) is 0 Å². The fourth-order valence-electron chi connectivity index (χ4n) is 2.30. The summed E-state index contributed by atoms with van der Waals surface area (Å²) in [4.78, 5) is 20.2. The number of ether oxygens (including phenoxy) is 1. The molecule has 7 nitrogen and oxygen atoms in total. The van der Waals surface area contributed by atoms with E-state index in [1.165, 1.54) is 0 Å².